The fourth-order valence-corrected chi connectivity index (χ4v) is 5.46. The van der Waals surface area contributed by atoms with Crippen LogP contribution in [0, 0.1) is 23.2 Å². The molecule has 1 aliphatic heterocycles. The van der Waals surface area contributed by atoms with E-state index in [1.807, 2.05) is 0 Å². The molecule has 0 amide bonds. The van der Waals surface area contributed by atoms with Crippen molar-refractivity contribution in [3.8, 4) is 0 Å². The first-order valence-corrected chi connectivity index (χ1v) is 6.89. The third kappa shape index (κ3) is 1.25. The maximum atomic E-state index is 10.1. The Morgan fingerprint density at radius 1 is 1.06 bits per heavy atom. The van der Waals surface area contributed by atoms with Crippen molar-refractivity contribution in [2.75, 3.05) is 6.54 Å². The molecule has 0 aromatic carbocycles. The van der Waals surface area contributed by atoms with E-state index in [2.05, 4.69) is 4.99 Å². The van der Waals surface area contributed by atoms with Crippen molar-refractivity contribution in [1.29, 1.82) is 0 Å². The lowest BCUT2D eigenvalue weighted by molar-refractivity contribution is -0.0287. The van der Waals surface area contributed by atoms with Gasteiger partial charge in [0.2, 0.25) is 0 Å². The van der Waals surface area contributed by atoms with Crippen LogP contribution in [0.4, 0.5) is 0 Å². The molecular formula is C14H20N2O. The van der Waals surface area contributed by atoms with Crippen LogP contribution in [0.2, 0.25) is 0 Å². The smallest absolute Gasteiger partial charge is 0.125 e. The fourth-order valence-electron chi connectivity index (χ4n) is 5.46. The summed E-state index contributed by atoms with van der Waals surface area (Å²) < 4.78 is 0. The predicted molar refractivity (Wildman–Crippen MR) is 66.7 cm³/mol. The zero-order chi connectivity index (χ0) is 11.6. The number of nitrogens with two attached hydrogens (primary N) is 1. The average Bonchev–Trinajstić information content (AvgIpc) is 2.56. The summed E-state index contributed by atoms with van der Waals surface area (Å²) in [5, 5.41) is 10.1. The molecule has 0 saturated heterocycles. The SMILES string of the molecule is NC1=NCC(O)=C1C12CC3CC(CC(C3)C1)C2. The average molecular weight is 232 g/mol. The van der Waals surface area contributed by atoms with Crippen molar-refractivity contribution >= 4 is 5.84 Å². The van der Waals surface area contributed by atoms with Crippen molar-refractivity contribution < 1.29 is 5.11 Å². The summed E-state index contributed by atoms with van der Waals surface area (Å²) in [6.07, 6.45) is 8.00. The summed E-state index contributed by atoms with van der Waals surface area (Å²) in [4.78, 5) is 4.23. The molecule has 17 heavy (non-hydrogen) atoms. The number of hydrogen-bond donors (Lipinski definition) is 2. The van der Waals surface area contributed by atoms with E-state index in [1.165, 1.54) is 38.5 Å². The molecule has 0 unspecified atom stereocenters. The van der Waals surface area contributed by atoms with Crippen molar-refractivity contribution in [3.05, 3.63) is 11.3 Å². The van der Waals surface area contributed by atoms with Gasteiger partial charge in [-0.25, -0.2) is 0 Å². The van der Waals surface area contributed by atoms with Gasteiger partial charge in [0.05, 0.1) is 6.54 Å². The number of hydrogen-bond acceptors (Lipinski definition) is 3. The topological polar surface area (TPSA) is 58.6 Å². The molecule has 0 aromatic heterocycles. The predicted octanol–water partition coefficient (Wildman–Crippen LogP) is 2.39. The summed E-state index contributed by atoms with van der Waals surface area (Å²) in [5.74, 6) is 3.74. The van der Waals surface area contributed by atoms with Gasteiger partial charge in [0.25, 0.3) is 0 Å². The highest BCUT2D eigenvalue weighted by Crippen LogP contribution is 2.63. The molecule has 1 heterocycles. The molecule has 4 fully saturated rings. The number of aliphatic imine (C=N–C) groups is 1. The van der Waals surface area contributed by atoms with Crippen molar-refractivity contribution in [3.63, 3.8) is 0 Å². The molecule has 5 aliphatic rings. The maximum Gasteiger partial charge on any atom is 0.125 e. The van der Waals surface area contributed by atoms with Gasteiger partial charge in [-0.2, -0.15) is 0 Å². The summed E-state index contributed by atoms with van der Waals surface area (Å²) in [5.41, 5.74) is 7.26. The van der Waals surface area contributed by atoms with E-state index in [0.29, 0.717) is 18.1 Å². The van der Waals surface area contributed by atoms with Crippen LogP contribution in [0.1, 0.15) is 38.5 Å². The molecule has 92 valence electrons. The van der Waals surface area contributed by atoms with E-state index in [-0.39, 0.29) is 5.41 Å². The highest BCUT2D eigenvalue weighted by Gasteiger charge is 2.54. The molecule has 4 bridgehead atoms. The van der Waals surface area contributed by atoms with E-state index in [1.54, 1.807) is 0 Å². The van der Waals surface area contributed by atoms with E-state index in [4.69, 9.17) is 5.73 Å². The minimum atomic E-state index is 0.197. The Kier molecular flexibility index (Phi) is 1.80. The van der Waals surface area contributed by atoms with Crippen molar-refractivity contribution in [2.45, 2.75) is 38.5 Å². The Hall–Kier alpha value is -0.990. The standard InChI is InChI=1S/C14H20N2O/c15-13-12(11(17)7-16-13)14-4-8-1-9(5-14)3-10(2-8)6-14/h8-10,17H,1-7H2,(H2,15,16). The molecule has 0 radical (unpaired) electrons. The van der Waals surface area contributed by atoms with Crippen molar-refractivity contribution in [1.82, 2.24) is 0 Å². The Bertz CT molecular complexity index is 400. The Morgan fingerprint density at radius 2 is 1.59 bits per heavy atom. The van der Waals surface area contributed by atoms with Crippen molar-refractivity contribution in [2.24, 2.45) is 33.9 Å². The lowest BCUT2D eigenvalue weighted by Crippen LogP contribution is -2.48. The number of aliphatic hydroxyl groups is 1. The minimum absolute atomic E-state index is 0.197. The van der Waals surface area contributed by atoms with Gasteiger partial charge in [-0.05, 0) is 56.3 Å². The molecule has 3 nitrogen and oxygen atoms in total. The zero-order valence-corrected chi connectivity index (χ0v) is 10.2. The summed E-state index contributed by atoms with van der Waals surface area (Å²) in [6.45, 7) is 0.420. The quantitative estimate of drug-likeness (QED) is 0.729. The molecule has 4 saturated carbocycles. The van der Waals surface area contributed by atoms with Crippen LogP contribution in [-0.4, -0.2) is 17.5 Å². The summed E-state index contributed by atoms with van der Waals surface area (Å²) >= 11 is 0. The molecule has 3 N–H and O–H groups in total. The van der Waals surface area contributed by atoms with E-state index >= 15 is 0 Å². The number of amidine groups is 1. The Balaban J connectivity index is 1.78. The highest BCUT2D eigenvalue weighted by atomic mass is 16.3. The lowest BCUT2D eigenvalue weighted by atomic mass is 9.47. The summed E-state index contributed by atoms with van der Waals surface area (Å²) in [6, 6.07) is 0. The molecule has 4 aliphatic carbocycles. The van der Waals surface area contributed by atoms with E-state index < -0.39 is 0 Å². The van der Waals surface area contributed by atoms with Crippen LogP contribution in [0.5, 0.6) is 0 Å². The zero-order valence-electron chi connectivity index (χ0n) is 10.2. The molecular weight excluding hydrogens is 212 g/mol. The second-order valence-corrected chi connectivity index (χ2v) is 6.72. The molecule has 3 heteroatoms. The largest absolute Gasteiger partial charge is 0.510 e. The first kappa shape index (κ1) is 9.98. The van der Waals surface area contributed by atoms with Gasteiger partial charge in [0.15, 0.2) is 0 Å². The molecule has 0 aromatic rings. The Labute approximate surface area is 102 Å². The summed E-state index contributed by atoms with van der Waals surface area (Å²) in [7, 11) is 0. The maximum absolute atomic E-state index is 10.1. The van der Waals surface area contributed by atoms with Gasteiger partial charge < -0.3 is 10.8 Å². The van der Waals surface area contributed by atoms with Crippen LogP contribution in [0.25, 0.3) is 0 Å². The molecule has 0 spiro atoms. The van der Waals surface area contributed by atoms with Crippen LogP contribution in [-0.2, 0) is 0 Å². The van der Waals surface area contributed by atoms with Gasteiger partial charge in [-0.1, -0.05) is 0 Å². The first-order chi connectivity index (χ1) is 8.16. The minimum Gasteiger partial charge on any atom is -0.510 e. The van der Waals surface area contributed by atoms with Gasteiger partial charge in [-0.3, -0.25) is 4.99 Å². The second-order valence-electron chi connectivity index (χ2n) is 6.72. The number of aliphatic hydroxyl groups excluding tert-OH is 1. The molecule has 5 rings (SSSR count). The van der Waals surface area contributed by atoms with E-state index in [0.717, 1.165) is 23.3 Å². The number of nitrogens with zero attached hydrogens (tertiary/aromatic N) is 1. The van der Waals surface area contributed by atoms with Crippen LogP contribution >= 0.6 is 0 Å². The molecule has 0 atom stereocenters. The fraction of sp³-hybridized carbons (Fsp3) is 0.786. The highest BCUT2D eigenvalue weighted by molar-refractivity contribution is 6.00. The third-order valence-electron chi connectivity index (χ3n) is 5.51. The van der Waals surface area contributed by atoms with E-state index in [9.17, 15) is 5.11 Å². The van der Waals surface area contributed by atoms with Gasteiger partial charge in [0, 0.05) is 11.0 Å². The third-order valence-corrected chi connectivity index (χ3v) is 5.51. The normalized spacial score (nSPS) is 47.8. The van der Waals surface area contributed by atoms with Gasteiger partial charge >= 0.3 is 0 Å². The van der Waals surface area contributed by atoms with Gasteiger partial charge in [0.1, 0.15) is 11.6 Å². The Morgan fingerprint density at radius 3 is 2.00 bits per heavy atom. The monoisotopic (exact) mass is 232 g/mol. The second kappa shape index (κ2) is 3.06. The van der Waals surface area contributed by atoms with Crippen LogP contribution in [0.3, 0.4) is 0 Å². The van der Waals surface area contributed by atoms with Crippen LogP contribution in [0.15, 0.2) is 16.3 Å². The first-order valence-electron chi connectivity index (χ1n) is 6.89. The van der Waals surface area contributed by atoms with Gasteiger partial charge in [-0.15, -0.1) is 0 Å². The van der Waals surface area contributed by atoms with Crippen LogP contribution < -0.4 is 5.73 Å². The number of rotatable bonds is 1. The lowest BCUT2D eigenvalue weighted by Gasteiger charge is -2.57.